The van der Waals surface area contributed by atoms with E-state index < -0.39 is 0 Å². The molecule has 1 aromatic heterocycles. The highest BCUT2D eigenvalue weighted by Crippen LogP contribution is 2.27. The molecule has 0 fully saturated rings. The molecule has 0 atom stereocenters. The van der Waals surface area contributed by atoms with Gasteiger partial charge in [-0.1, -0.05) is 37.3 Å². The van der Waals surface area contributed by atoms with Crippen LogP contribution in [-0.4, -0.2) is 9.55 Å². The van der Waals surface area contributed by atoms with Crippen molar-refractivity contribution in [2.75, 3.05) is 5.73 Å². The summed E-state index contributed by atoms with van der Waals surface area (Å²) in [6, 6.07) is 14.5. The molecule has 0 bridgehead atoms. The Balaban J connectivity index is 2.37. The van der Waals surface area contributed by atoms with E-state index in [1.807, 2.05) is 16.7 Å². The Kier molecular flexibility index (Phi) is 2.75. The minimum absolute atomic E-state index is 0.546. The maximum absolute atomic E-state index is 6.13. The van der Waals surface area contributed by atoms with Gasteiger partial charge in [-0.15, -0.1) is 0 Å². The van der Waals surface area contributed by atoms with E-state index in [0.717, 1.165) is 28.7 Å². The van der Waals surface area contributed by atoms with Crippen molar-refractivity contribution in [2.45, 2.75) is 20.3 Å². The van der Waals surface area contributed by atoms with E-state index in [0.29, 0.717) is 5.95 Å². The van der Waals surface area contributed by atoms with Crippen molar-refractivity contribution in [3.63, 3.8) is 0 Å². The summed E-state index contributed by atoms with van der Waals surface area (Å²) in [5.41, 5.74) is 11.7. The first-order valence-corrected chi connectivity index (χ1v) is 6.54. The summed E-state index contributed by atoms with van der Waals surface area (Å²) >= 11 is 0. The second-order valence-corrected chi connectivity index (χ2v) is 4.73. The molecule has 19 heavy (non-hydrogen) atoms. The molecule has 2 N–H and O–H groups in total. The molecule has 0 aliphatic carbocycles. The van der Waals surface area contributed by atoms with Gasteiger partial charge in [-0.25, -0.2) is 4.98 Å². The molecule has 0 unspecified atom stereocenters. The van der Waals surface area contributed by atoms with Crippen LogP contribution >= 0.6 is 0 Å². The third kappa shape index (κ3) is 1.78. The molecule has 0 aliphatic heterocycles. The van der Waals surface area contributed by atoms with Gasteiger partial charge >= 0.3 is 0 Å². The summed E-state index contributed by atoms with van der Waals surface area (Å²) in [5, 5.41) is 0. The van der Waals surface area contributed by atoms with Crippen molar-refractivity contribution < 1.29 is 0 Å². The van der Waals surface area contributed by atoms with Crippen LogP contribution in [0.1, 0.15) is 18.1 Å². The molecule has 96 valence electrons. The number of aryl methyl sites for hydroxylation is 2. The van der Waals surface area contributed by atoms with Crippen LogP contribution in [0.25, 0.3) is 16.7 Å². The van der Waals surface area contributed by atoms with Crippen LogP contribution < -0.4 is 5.73 Å². The summed E-state index contributed by atoms with van der Waals surface area (Å²) in [7, 11) is 0. The lowest BCUT2D eigenvalue weighted by Crippen LogP contribution is -2.03. The van der Waals surface area contributed by atoms with E-state index in [4.69, 9.17) is 5.73 Å². The van der Waals surface area contributed by atoms with Gasteiger partial charge < -0.3 is 5.73 Å². The van der Waals surface area contributed by atoms with Crippen molar-refractivity contribution in [3.8, 4) is 5.69 Å². The SMILES string of the molecule is CCc1ccccc1-n1c(N)nc2c(C)cccc21. The highest BCUT2D eigenvalue weighted by Gasteiger charge is 2.13. The lowest BCUT2D eigenvalue weighted by Gasteiger charge is -2.11. The van der Waals surface area contributed by atoms with Crippen LogP contribution in [0.2, 0.25) is 0 Å². The fourth-order valence-corrected chi connectivity index (χ4v) is 2.54. The van der Waals surface area contributed by atoms with Gasteiger partial charge in [-0.05, 0) is 36.6 Å². The van der Waals surface area contributed by atoms with Gasteiger partial charge in [0.15, 0.2) is 0 Å². The molecular weight excluding hydrogens is 234 g/mol. The standard InChI is InChI=1S/C16H17N3/c1-3-12-8-4-5-9-13(12)19-14-10-6-7-11(2)15(14)18-16(19)17/h4-10H,3H2,1-2H3,(H2,17,18). The zero-order chi connectivity index (χ0) is 13.4. The Hall–Kier alpha value is -2.29. The van der Waals surface area contributed by atoms with Gasteiger partial charge in [0.05, 0.1) is 16.7 Å². The molecule has 0 saturated carbocycles. The molecule has 3 nitrogen and oxygen atoms in total. The third-order valence-corrected chi connectivity index (χ3v) is 3.53. The lowest BCUT2D eigenvalue weighted by atomic mass is 10.1. The van der Waals surface area contributed by atoms with Crippen molar-refractivity contribution >= 4 is 17.0 Å². The molecule has 1 heterocycles. The molecule has 3 heteroatoms. The largest absolute Gasteiger partial charge is 0.369 e. The summed E-state index contributed by atoms with van der Waals surface area (Å²) < 4.78 is 2.04. The quantitative estimate of drug-likeness (QED) is 0.757. The smallest absolute Gasteiger partial charge is 0.205 e. The van der Waals surface area contributed by atoms with Gasteiger partial charge in [0.25, 0.3) is 0 Å². The number of hydrogen-bond donors (Lipinski definition) is 1. The second-order valence-electron chi connectivity index (χ2n) is 4.73. The van der Waals surface area contributed by atoms with Crippen LogP contribution in [0.15, 0.2) is 42.5 Å². The Morgan fingerprint density at radius 3 is 2.68 bits per heavy atom. The number of imidazole rings is 1. The number of fused-ring (bicyclic) bond motifs is 1. The summed E-state index contributed by atoms with van der Waals surface area (Å²) in [5.74, 6) is 0.546. The molecule has 2 aromatic carbocycles. The molecule has 0 radical (unpaired) electrons. The lowest BCUT2D eigenvalue weighted by molar-refractivity contribution is 1.04. The van der Waals surface area contributed by atoms with Crippen molar-refractivity contribution in [2.24, 2.45) is 0 Å². The van der Waals surface area contributed by atoms with Crippen LogP contribution in [0.3, 0.4) is 0 Å². The fourth-order valence-electron chi connectivity index (χ4n) is 2.54. The molecule has 3 aromatic rings. The van der Waals surface area contributed by atoms with E-state index >= 15 is 0 Å². The van der Waals surface area contributed by atoms with E-state index in [9.17, 15) is 0 Å². The number of nitrogens with zero attached hydrogens (tertiary/aromatic N) is 2. The van der Waals surface area contributed by atoms with E-state index in [1.165, 1.54) is 5.56 Å². The number of nitrogen functional groups attached to an aromatic ring is 1. The molecule has 0 saturated heterocycles. The second kappa shape index (κ2) is 4.43. The third-order valence-electron chi connectivity index (χ3n) is 3.53. The van der Waals surface area contributed by atoms with Gasteiger partial charge in [0.1, 0.15) is 0 Å². The first-order chi connectivity index (χ1) is 9.22. The van der Waals surface area contributed by atoms with Crippen LogP contribution in [0.5, 0.6) is 0 Å². The number of nitrogens with two attached hydrogens (primary N) is 1. The van der Waals surface area contributed by atoms with Crippen molar-refractivity contribution in [1.82, 2.24) is 9.55 Å². The number of para-hydroxylation sites is 2. The molecule has 0 amide bonds. The van der Waals surface area contributed by atoms with Crippen molar-refractivity contribution in [3.05, 3.63) is 53.6 Å². The molecule has 0 aliphatic rings. The van der Waals surface area contributed by atoms with Crippen molar-refractivity contribution in [1.29, 1.82) is 0 Å². The number of anilines is 1. The number of aromatic nitrogens is 2. The predicted molar refractivity (Wildman–Crippen MR) is 79.6 cm³/mol. The summed E-state index contributed by atoms with van der Waals surface area (Å²) in [4.78, 5) is 4.51. The number of rotatable bonds is 2. The predicted octanol–water partition coefficient (Wildman–Crippen LogP) is 3.48. The maximum atomic E-state index is 6.13. The van der Waals surface area contributed by atoms with Crippen LogP contribution in [0, 0.1) is 6.92 Å². The monoisotopic (exact) mass is 251 g/mol. The maximum Gasteiger partial charge on any atom is 0.205 e. The number of benzene rings is 2. The summed E-state index contributed by atoms with van der Waals surface area (Å²) in [6.07, 6.45) is 0.973. The average Bonchev–Trinajstić information content (AvgIpc) is 2.76. The van der Waals surface area contributed by atoms with Crippen LogP contribution in [0.4, 0.5) is 5.95 Å². The van der Waals surface area contributed by atoms with E-state index in [-0.39, 0.29) is 0 Å². The normalized spacial score (nSPS) is 11.1. The zero-order valence-electron chi connectivity index (χ0n) is 11.2. The van der Waals surface area contributed by atoms with E-state index in [2.05, 4.69) is 49.2 Å². The Labute approximate surface area is 112 Å². The first-order valence-electron chi connectivity index (χ1n) is 6.54. The molecule has 0 spiro atoms. The Morgan fingerprint density at radius 2 is 1.89 bits per heavy atom. The first kappa shape index (κ1) is 11.8. The fraction of sp³-hybridized carbons (Fsp3) is 0.188. The minimum atomic E-state index is 0.546. The van der Waals surface area contributed by atoms with Gasteiger partial charge in [0.2, 0.25) is 5.95 Å². The average molecular weight is 251 g/mol. The Morgan fingerprint density at radius 1 is 1.11 bits per heavy atom. The highest BCUT2D eigenvalue weighted by molar-refractivity contribution is 5.83. The van der Waals surface area contributed by atoms with Gasteiger partial charge in [0, 0.05) is 0 Å². The van der Waals surface area contributed by atoms with Crippen LogP contribution in [-0.2, 0) is 6.42 Å². The Bertz CT molecular complexity index is 741. The topological polar surface area (TPSA) is 43.8 Å². The van der Waals surface area contributed by atoms with Gasteiger partial charge in [-0.2, -0.15) is 0 Å². The minimum Gasteiger partial charge on any atom is -0.369 e. The van der Waals surface area contributed by atoms with E-state index in [1.54, 1.807) is 0 Å². The highest BCUT2D eigenvalue weighted by atomic mass is 15.2. The molecular formula is C16H17N3. The molecule has 3 rings (SSSR count). The zero-order valence-corrected chi connectivity index (χ0v) is 11.2. The summed E-state index contributed by atoms with van der Waals surface area (Å²) in [6.45, 7) is 4.21. The number of hydrogen-bond acceptors (Lipinski definition) is 2. The van der Waals surface area contributed by atoms with Gasteiger partial charge in [-0.3, -0.25) is 4.57 Å².